The van der Waals surface area contributed by atoms with Gasteiger partial charge in [0.05, 0.1) is 5.69 Å². The van der Waals surface area contributed by atoms with Crippen LogP contribution >= 0.6 is 11.6 Å². The van der Waals surface area contributed by atoms with Crippen molar-refractivity contribution in [2.75, 3.05) is 23.7 Å². The van der Waals surface area contributed by atoms with Crippen LogP contribution in [0.25, 0.3) is 0 Å². The van der Waals surface area contributed by atoms with Crippen LogP contribution in [0.1, 0.15) is 25.5 Å². The SMILES string of the molecule is Cc1nc(N)nc(N2C[C@@H]3CCCN3C(=O)[C@@H]2C)c1Cl. The van der Waals surface area contributed by atoms with Crippen LogP contribution in [0.5, 0.6) is 0 Å². The number of hydrogen-bond acceptors (Lipinski definition) is 5. The first-order valence-corrected chi connectivity index (χ1v) is 7.23. The Morgan fingerprint density at radius 3 is 2.85 bits per heavy atom. The normalized spacial score (nSPS) is 26.1. The minimum Gasteiger partial charge on any atom is -0.368 e. The highest BCUT2D eigenvalue weighted by molar-refractivity contribution is 6.33. The average Bonchev–Trinajstić information content (AvgIpc) is 2.86. The predicted octanol–water partition coefficient (Wildman–Crippen LogP) is 1.22. The minimum atomic E-state index is -0.268. The molecule has 0 aliphatic carbocycles. The molecule has 2 fully saturated rings. The van der Waals surface area contributed by atoms with Gasteiger partial charge in [0.2, 0.25) is 11.9 Å². The second kappa shape index (κ2) is 4.77. The smallest absolute Gasteiger partial charge is 0.245 e. The Morgan fingerprint density at radius 1 is 1.35 bits per heavy atom. The molecule has 0 bridgehead atoms. The molecular formula is C13H18ClN5O. The molecule has 0 spiro atoms. The average molecular weight is 296 g/mol. The van der Waals surface area contributed by atoms with Crippen molar-refractivity contribution in [1.82, 2.24) is 14.9 Å². The number of carbonyl (C=O) groups is 1. The summed E-state index contributed by atoms with van der Waals surface area (Å²) in [6.45, 7) is 5.30. The summed E-state index contributed by atoms with van der Waals surface area (Å²) in [5.41, 5.74) is 6.36. The van der Waals surface area contributed by atoms with Gasteiger partial charge in [0.25, 0.3) is 0 Å². The van der Waals surface area contributed by atoms with Gasteiger partial charge in [-0.2, -0.15) is 4.98 Å². The summed E-state index contributed by atoms with van der Waals surface area (Å²) in [4.78, 5) is 24.7. The summed E-state index contributed by atoms with van der Waals surface area (Å²) < 4.78 is 0. The summed E-state index contributed by atoms with van der Waals surface area (Å²) in [5.74, 6) is 0.907. The van der Waals surface area contributed by atoms with Crippen molar-refractivity contribution in [3.05, 3.63) is 10.7 Å². The van der Waals surface area contributed by atoms with Gasteiger partial charge >= 0.3 is 0 Å². The third-order valence-electron chi connectivity index (χ3n) is 4.18. The highest BCUT2D eigenvalue weighted by atomic mass is 35.5. The zero-order valence-corrected chi connectivity index (χ0v) is 12.4. The molecule has 20 heavy (non-hydrogen) atoms. The summed E-state index contributed by atoms with van der Waals surface area (Å²) in [5, 5.41) is 0.477. The van der Waals surface area contributed by atoms with E-state index >= 15 is 0 Å². The molecule has 108 valence electrons. The first-order chi connectivity index (χ1) is 9.49. The Bertz CT molecular complexity index is 564. The quantitative estimate of drug-likeness (QED) is 0.843. The molecule has 0 aromatic carbocycles. The fraction of sp³-hybridized carbons (Fsp3) is 0.615. The summed E-state index contributed by atoms with van der Waals surface area (Å²) in [7, 11) is 0. The van der Waals surface area contributed by atoms with Crippen LogP contribution in [0.3, 0.4) is 0 Å². The van der Waals surface area contributed by atoms with Crippen LogP contribution in [0, 0.1) is 6.92 Å². The molecule has 2 atom stereocenters. The molecule has 1 aromatic heterocycles. The lowest BCUT2D eigenvalue weighted by atomic mass is 10.1. The predicted molar refractivity (Wildman–Crippen MR) is 77.7 cm³/mol. The molecule has 1 amide bonds. The molecule has 2 aliphatic rings. The third-order valence-corrected chi connectivity index (χ3v) is 4.62. The molecular weight excluding hydrogens is 278 g/mol. The molecule has 0 radical (unpaired) electrons. The number of fused-ring (bicyclic) bond motifs is 1. The molecule has 0 saturated carbocycles. The van der Waals surface area contributed by atoms with Crippen molar-refractivity contribution in [2.24, 2.45) is 0 Å². The van der Waals surface area contributed by atoms with Gasteiger partial charge in [0.1, 0.15) is 11.1 Å². The van der Waals surface area contributed by atoms with E-state index in [1.807, 2.05) is 16.7 Å². The molecule has 0 unspecified atom stereocenters. The van der Waals surface area contributed by atoms with Crippen molar-refractivity contribution in [3.8, 4) is 0 Å². The highest BCUT2D eigenvalue weighted by Gasteiger charge is 2.41. The topological polar surface area (TPSA) is 75.3 Å². The Labute approximate surface area is 122 Å². The largest absolute Gasteiger partial charge is 0.368 e. The number of nitrogen functional groups attached to an aromatic ring is 1. The number of halogens is 1. The van der Waals surface area contributed by atoms with Crippen LogP contribution in [0.15, 0.2) is 0 Å². The van der Waals surface area contributed by atoms with E-state index in [4.69, 9.17) is 17.3 Å². The van der Waals surface area contributed by atoms with Crippen LogP contribution in [0.4, 0.5) is 11.8 Å². The van der Waals surface area contributed by atoms with Crippen molar-refractivity contribution >= 4 is 29.3 Å². The summed E-state index contributed by atoms with van der Waals surface area (Å²) in [6, 6.07) is -0.0122. The number of nitrogens with zero attached hydrogens (tertiary/aromatic N) is 4. The lowest BCUT2D eigenvalue weighted by Gasteiger charge is -2.42. The van der Waals surface area contributed by atoms with Crippen molar-refractivity contribution < 1.29 is 4.79 Å². The zero-order valence-electron chi connectivity index (χ0n) is 11.6. The Kier molecular flexibility index (Phi) is 3.20. The van der Waals surface area contributed by atoms with Gasteiger partial charge in [0, 0.05) is 19.1 Å². The van der Waals surface area contributed by atoms with Gasteiger partial charge in [-0.05, 0) is 26.7 Å². The molecule has 3 rings (SSSR count). The number of amides is 1. The van der Waals surface area contributed by atoms with Gasteiger partial charge in [-0.1, -0.05) is 11.6 Å². The number of piperazine rings is 1. The lowest BCUT2D eigenvalue weighted by molar-refractivity contribution is -0.134. The molecule has 1 aromatic rings. The second-order valence-corrected chi connectivity index (χ2v) is 5.84. The van der Waals surface area contributed by atoms with E-state index in [2.05, 4.69) is 9.97 Å². The number of rotatable bonds is 1. The van der Waals surface area contributed by atoms with Crippen LogP contribution in [0.2, 0.25) is 5.02 Å². The third kappa shape index (κ3) is 1.98. The van der Waals surface area contributed by atoms with E-state index in [0.29, 0.717) is 16.5 Å². The van der Waals surface area contributed by atoms with Gasteiger partial charge in [0.15, 0.2) is 5.82 Å². The molecule has 2 saturated heterocycles. The van der Waals surface area contributed by atoms with Gasteiger partial charge < -0.3 is 15.5 Å². The second-order valence-electron chi connectivity index (χ2n) is 5.46. The highest BCUT2D eigenvalue weighted by Crippen LogP contribution is 2.33. The number of nitrogens with two attached hydrogens (primary N) is 1. The van der Waals surface area contributed by atoms with Crippen LogP contribution in [-0.4, -0.2) is 45.9 Å². The van der Waals surface area contributed by atoms with Gasteiger partial charge in [-0.3, -0.25) is 4.79 Å². The van der Waals surface area contributed by atoms with Crippen LogP contribution in [-0.2, 0) is 4.79 Å². The maximum Gasteiger partial charge on any atom is 0.245 e. The summed E-state index contributed by atoms with van der Waals surface area (Å²) >= 11 is 6.31. The van der Waals surface area contributed by atoms with Crippen LogP contribution < -0.4 is 10.6 Å². The zero-order chi connectivity index (χ0) is 14.4. The summed E-state index contributed by atoms with van der Waals surface area (Å²) in [6.07, 6.45) is 2.10. The van der Waals surface area contributed by atoms with Gasteiger partial charge in [-0.15, -0.1) is 0 Å². The molecule has 3 heterocycles. The van der Waals surface area contributed by atoms with E-state index in [-0.39, 0.29) is 23.9 Å². The monoisotopic (exact) mass is 295 g/mol. The first kappa shape index (κ1) is 13.4. The van der Waals surface area contributed by atoms with Crippen molar-refractivity contribution in [3.63, 3.8) is 0 Å². The Balaban J connectivity index is 1.99. The van der Waals surface area contributed by atoms with Crippen molar-refractivity contribution in [2.45, 2.75) is 38.8 Å². The van der Waals surface area contributed by atoms with E-state index < -0.39 is 0 Å². The molecule has 2 aliphatic heterocycles. The number of anilines is 2. The van der Waals surface area contributed by atoms with E-state index in [1.165, 1.54) is 0 Å². The Morgan fingerprint density at radius 2 is 2.10 bits per heavy atom. The maximum absolute atomic E-state index is 12.4. The molecule has 2 N–H and O–H groups in total. The lowest BCUT2D eigenvalue weighted by Crippen LogP contribution is -2.59. The molecule has 6 nitrogen and oxygen atoms in total. The standard InChI is InChI=1S/C13H18ClN5O/c1-7-10(14)11(17-13(15)16-7)19-6-9-4-3-5-18(9)12(20)8(19)2/h8-9H,3-6H2,1-2H3,(H2,15,16,17)/t8-,9-/m0/s1. The number of carbonyl (C=O) groups excluding carboxylic acids is 1. The minimum absolute atomic E-state index is 0.143. The Hall–Kier alpha value is -1.56. The first-order valence-electron chi connectivity index (χ1n) is 6.85. The fourth-order valence-electron chi connectivity index (χ4n) is 3.10. The maximum atomic E-state index is 12.4. The van der Waals surface area contributed by atoms with E-state index in [0.717, 1.165) is 25.9 Å². The fourth-order valence-corrected chi connectivity index (χ4v) is 3.29. The molecule has 7 heteroatoms. The van der Waals surface area contributed by atoms with E-state index in [1.54, 1.807) is 6.92 Å². The van der Waals surface area contributed by atoms with Crippen molar-refractivity contribution in [1.29, 1.82) is 0 Å². The number of aromatic nitrogens is 2. The van der Waals surface area contributed by atoms with Gasteiger partial charge in [-0.25, -0.2) is 4.98 Å². The number of hydrogen-bond donors (Lipinski definition) is 1. The van der Waals surface area contributed by atoms with E-state index in [9.17, 15) is 4.79 Å². The number of aryl methyl sites for hydroxylation is 1.